The SMILES string of the molecule is CCOCCn1c(N2CCCN(CCC3(c4ccc(Cl)c(Cl)c4)CCNC3)CC2)nc2ccccc21. The zero-order chi connectivity index (χ0) is 25.0. The van der Waals surface area contributed by atoms with E-state index in [0.29, 0.717) is 16.7 Å². The van der Waals surface area contributed by atoms with E-state index in [2.05, 4.69) is 56.1 Å². The molecule has 0 saturated carbocycles. The van der Waals surface area contributed by atoms with Gasteiger partial charge in [0, 0.05) is 44.7 Å². The van der Waals surface area contributed by atoms with Gasteiger partial charge in [0.05, 0.1) is 27.7 Å². The maximum atomic E-state index is 6.40. The van der Waals surface area contributed by atoms with Gasteiger partial charge in [-0.05, 0) is 75.6 Å². The topological polar surface area (TPSA) is 45.6 Å². The van der Waals surface area contributed by atoms with Crippen molar-refractivity contribution in [2.45, 2.75) is 38.1 Å². The van der Waals surface area contributed by atoms with Crippen molar-refractivity contribution < 1.29 is 4.74 Å². The van der Waals surface area contributed by atoms with Gasteiger partial charge in [-0.15, -0.1) is 0 Å². The highest BCUT2D eigenvalue weighted by Crippen LogP contribution is 2.37. The molecule has 8 heteroatoms. The van der Waals surface area contributed by atoms with Gasteiger partial charge in [-0.25, -0.2) is 4.98 Å². The van der Waals surface area contributed by atoms with Gasteiger partial charge >= 0.3 is 0 Å². The van der Waals surface area contributed by atoms with Gasteiger partial charge in [0.2, 0.25) is 5.95 Å². The van der Waals surface area contributed by atoms with Crippen LogP contribution in [-0.2, 0) is 16.7 Å². The van der Waals surface area contributed by atoms with Crippen molar-refractivity contribution in [2.75, 3.05) is 63.9 Å². The molecule has 0 aliphatic carbocycles. The summed E-state index contributed by atoms with van der Waals surface area (Å²) < 4.78 is 8.02. The van der Waals surface area contributed by atoms with Crippen LogP contribution in [0, 0.1) is 0 Å². The second kappa shape index (κ2) is 11.7. The van der Waals surface area contributed by atoms with Crippen molar-refractivity contribution in [3.63, 3.8) is 0 Å². The molecule has 2 aliphatic heterocycles. The van der Waals surface area contributed by atoms with E-state index < -0.39 is 0 Å². The number of benzene rings is 2. The molecule has 194 valence electrons. The Morgan fingerprint density at radius 3 is 2.72 bits per heavy atom. The lowest BCUT2D eigenvalue weighted by atomic mass is 9.76. The van der Waals surface area contributed by atoms with E-state index in [9.17, 15) is 0 Å². The predicted molar refractivity (Wildman–Crippen MR) is 150 cm³/mol. The monoisotopic (exact) mass is 529 g/mol. The molecule has 6 nitrogen and oxygen atoms in total. The maximum Gasteiger partial charge on any atom is 0.206 e. The highest BCUT2D eigenvalue weighted by molar-refractivity contribution is 6.42. The molecule has 1 atom stereocenters. The van der Waals surface area contributed by atoms with E-state index in [-0.39, 0.29) is 5.41 Å². The molecule has 2 aliphatic rings. The third kappa shape index (κ3) is 5.53. The summed E-state index contributed by atoms with van der Waals surface area (Å²) in [5.74, 6) is 1.07. The predicted octanol–water partition coefficient (Wildman–Crippen LogP) is 5.21. The van der Waals surface area contributed by atoms with Gasteiger partial charge in [-0.2, -0.15) is 0 Å². The number of para-hydroxylation sites is 2. The van der Waals surface area contributed by atoms with Crippen LogP contribution in [0.4, 0.5) is 5.95 Å². The number of ether oxygens (including phenoxy) is 1. The van der Waals surface area contributed by atoms with Gasteiger partial charge in [-0.3, -0.25) is 0 Å². The molecular weight excluding hydrogens is 493 g/mol. The Morgan fingerprint density at radius 2 is 1.92 bits per heavy atom. The fraction of sp³-hybridized carbons (Fsp3) is 0.536. The van der Waals surface area contributed by atoms with E-state index in [1.807, 2.05) is 13.0 Å². The number of nitrogens with one attached hydrogen (secondary N) is 1. The molecule has 0 amide bonds. The number of imidazole rings is 1. The lowest BCUT2D eigenvalue weighted by Gasteiger charge is -2.32. The van der Waals surface area contributed by atoms with Crippen molar-refractivity contribution >= 4 is 40.2 Å². The summed E-state index contributed by atoms with van der Waals surface area (Å²) >= 11 is 12.6. The Morgan fingerprint density at radius 1 is 1.03 bits per heavy atom. The van der Waals surface area contributed by atoms with Crippen LogP contribution < -0.4 is 10.2 Å². The summed E-state index contributed by atoms with van der Waals surface area (Å²) in [5.41, 5.74) is 3.67. The van der Waals surface area contributed by atoms with Crippen LogP contribution in [0.1, 0.15) is 31.7 Å². The Kier molecular flexibility index (Phi) is 8.39. The molecule has 1 unspecified atom stereocenters. The Hall–Kier alpha value is -1.83. The number of rotatable bonds is 9. The van der Waals surface area contributed by atoms with E-state index in [1.165, 1.54) is 11.1 Å². The minimum Gasteiger partial charge on any atom is -0.380 e. The number of aromatic nitrogens is 2. The zero-order valence-corrected chi connectivity index (χ0v) is 22.7. The van der Waals surface area contributed by atoms with Crippen LogP contribution in [0.5, 0.6) is 0 Å². The smallest absolute Gasteiger partial charge is 0.206 e. The van der Waals surface area contributed by atoms with Crippen LogP contribution in [0.15, 0.2) is 42.5 Å². The Balaban J connectivity index is 1.27. The van der Waals surface area contributed by atoms with E-state index in [1.54, 1.807) is 0 Å². The zero-order valence-electron chi connectivity index (χ0n) is 21.2. The Bertz CT molecular complexity index is 1160. The standard InChI is InChI=1S/C28H37Cl2N5O/c1-2-36-19-18-35-26-7-4-3-6-25(26)32-27(35)34-14-5-13-33(16-17-34)15-11-28(10-12-31-21-28)22-8-9-23(29)24(30)20-22/h3-4,6-9,20,31H,2,5,10-19,21H2,1H3. The van der Waals surface area contributed by atoms with Gasteiger partial charge in [0.1, 0.15) is 0 Å². The van der Waals surface area contributed by atoms with Crippen LogP contribution in [0.3, 0.4) is 0 Å². The molecule has 1 N–H and O–H groups in total. The van der Waals surface area contributed by atoms with Crippen molar-refractivity contribution in [2.24, 2.45) is 0 Å². The van der Waals surface area contributed by atoms with Crippen molar-refractivity contribution in [3.05, 3.63) is 58.1 Å². The summed E-state index contributed by atoms with van der Waals surface area (Å²) in [7, 11) is 0. The molecule has 5 rings (SSSR count). The Labute approximate surface area is 224 Å². The number of fused-ring (bicyclic) bond motifs is 1. The second-order valence-corrected chi connectivity index (χ2v) is 10.8. The quantitative estimate of drug-likeness (QED) is 0.385. The van der Waals surface area contributed by atoms with Crippen LogP contribution >= 0.6 is 23.2 Å². The summed E-state index contributed by atoms with van der Waals surface area (Å²) in [5, 5.41) is 4.87. The highest BCUT2D eigenvalue weighted by atomic mass is 35.5. The molecule has 1 aromatic heterocycles. The van der Waals surface area contributed by atoms with E-state index in [0.717, 1.165) is 89.7 Å². The minimum atomic E-state index is 0.119. The first kappa shape index (κ1) is 25.8. The molecule has 3 aromatic rings. The third-order valence-electron chi connectivity index (χ3n) is 7.85. The average Bonchev–Trinajstić information content (AvgIpc) is 3.44. The molecule has 2 saturated heterocycles. The number of halogens is 2. The van der Waals surface area contributed by atoms with E-state index in [4.69, 9.17) is 32.9 Å². The summed E-state index contributed by atoms with van der Waals surface area (Å²) in [6, 6.07) is 14.6. The minimum absolute atomic E-state index is 0.119. The first-order chi connectivity index (χ1) is 17.6. The van der Waals surface area contributed by atoms with Gasteiger partial charge < -0.3 is 24.4 Å². The average molecular weight is 531 g/mol. The lowest BCUT2D eigenvalue weighted by Crippen LogP contribution is -2.37. The summed E-state index contributed by atoms with van der Waals surface area (Å²) in [6.45, 7) is 11.6. The number of anilines is 1. The first-order valence-electron chi connectivity index (χ1n) is 13.3. The first-order valence-corrected chi connectivity index (χ1v) is 14.0. The maximum absolute atomic E-state index is 6.40. The molecular formula is C28H37Cl2N5O. The van der Waals surface area contributed by atoms with Gasteiger partial charge in [0.25, 0.3) is 0 Å². The fourth-order valence-corrected chi connectivity index (χ4v) is 6.06. The van der Waals surface area contributed by atoms with Crippen molar-refractivity contribution in [3.8, 4) is 0 Å². The molecule has 2 fully saturated rings. The molecule has 0 bridgehead atoms. The van der Waals surface area contributed by atoms with Crippen LogP contribution in [-0.4, -0.2) is 73.5 Å². The van der Waals surface area contributed by atoms with Crippen LogP contribution in [0.2, 0.25) is 10.0 Å². The largest absolute Gasteiger partial charge is 0.380 e. The normalized spacial score (nSPS) is 21.4. The van der Waals surface area contributed by atoms with Gasteiger partial charge in [-0.1, -0.05) is 41.4 Å². The molecule has 36 heavy (non-hydrogen) atoms. The van der Waals surface area contributed by atoms with Gasteiger partial charge in [0.15, 0.2) is 0 Å². The van der Waals surface area contributed by atoms with Crippen molar-refractivity contribution in [1.29, 1.82) is 0 Å². The fourth-order valence-electron chi connectivity index (χ4n) is 5.77. The molecule has 2 aromatic carbocycles. The van der Waals surface area contributed by atoms with E-state index >= 15 is 0 Å². The second-order valence-electron chi connectivity index (χ2n) is 10.0. The molecule has 3 heterocycles. The summed E-state index contributed by atoms with van der Waals surface area (Å²) in [4.78, 5) is 10.1. The summed E-state index contributed by atoms with van der Waals surface area (Å²) in [6.07, 6.45) is 3.38. The highest BCUT2D eigenvalue weighted by Gasteiger charge is 2.36. The number of hydrogen-bond donors (Lipinski definition) is 1. The number of hydrogen-bond acceptors (Lipinski definition) is 5. The van der Waals surface area contributed by atoms with Crippen molar-refractivity contribution in [1.82, 2.24) is 19.8 Å². The molecule has 0 spiro atoms. The lowest BCUT2D eigenvalue weighted by molar-refractivity contribution is 0.140. The number of nitrogens with zero attached hydrogens (tertiary/aromatic N) is 4. The molecule has 0 radical (unpaired) electrons. The third-order valence-corrected chi connectivity index (χ3v) is 8.59. The van der Waals surface area contributed by atoms with Crippen LogP contribution in [0.25, 0.3) is 11.0 Å².